The Bertz CT molecular complexity index is 750. The molecule has 1 aromatic rings. The van der Waals surface area contributed by atoms with Crippen molar-refractivity contribution in [3.05, 3.63) is 22.7 Å². The van der Waals surface area contributed by atoms with Crippen LogP contribution in [0.15, 0.2) is 12.1 Å². The number of urea groups is 1. The SMILES string of the molecule is COC(=O)c1cc(Cl)c(NC(=O)NCC(C2CCOC2)N2CCOCC2)cc1OC. The van der Waals surface area contributed by atoms with Crippen LogP contribution in [0.4, 0.5) is 10.5 Å². The number of nitrogens with one attached hydrogen (secondary N) is 2. The Morgan fingerprint density at radius 1 is 1.23 bits per heavy atom. The monoisotopic (exact) mass is 441 g/mol. The van der Waals surface area contributed by atoms with Crippen molar-refractivity contribution >= 4 is 29.3 Å². The molecule has 2 saturated heterocycles. The van der Waals surface area contributed by atoms with Crippen LogP contribution in [0.2, 0.25) is 5.02 Å². The lowest BCUT2D eigenvalue weighted by atomic mass is 9.97. The van der Waals surface area contributed by atoms with Crippen LogP contribution in [-0.2, 0) is 14.2 Å². The Morgan fingerprint density at radius 3 is 2.63 bits per heavy atom. The molecule has 2 heterocycles. The quantitative estimate of drug-likeness (QED) is 0.624. The Labute approximate surface area is 180 Å². The Balaban J connectivity index is 1.64. The van der Waals surface area contributed by atoms with E-state index in [4.69, 9.17) is 30.5 Å². The van der Waals surface area contributed by atoms with Gasteiger partial charge in [-0.2, -0.15) is 0 Å². The number of methoxy groups -OCH3 is 2. The summed E-state index contributed by atoms with van der Waals surface area (Å²) in [6.45, 7) is 4.99. The smallest absolute Gasteiger partial charge is 0.341 e. The van der Waals surface area contributed by atoms with E-state index in [2.05, 4.69) is 15.5 Å². The summed E-state index contributed by atoms with van der Waals surface area (Å²) in [7, 11) is 2.70. The lowest BCUT2D eigenvalue weighted by Crippen LogP contribution is -2.52. The number of esters is 1. The molecule has 2 atom stereocenters. The van der Waals surface area contributed by atoms with E-state index in [-0.39, 0.29) is 28.4 Å². The molecule has 2 aliphatic heterocycles. The number of rotatable bonds is 7. The molecule has 0 bridgehead atoms. The van der Waals surface area contributed by atoms with E-state index in [0.29, 0.717) is 38.0 Å². The Hall–Kier alpha value is -2.07. The second-order valence-electron chi connectivity index (χ2n) is 7.20. The summed E-state index contributed by atoms with van der Waals surface area (Å²) < 4.78 is 21.0. The van der Waals surface area contributed by atoms with E-state index in [1.165, 1.54) is 26.4 Å². The minimum Gasteiger partial charge on any atom is -0.496 e. The van der Waals surface area contributed by atoms with Crippen molar-refractivity contribution in [3.63, 3.8) is 0 Å². The first kappa shape index (κ1) is 22.6. The fraction of sp³-hybridized carbons (Fsp3) is 0.600. The second kappa shape index (κ2) is 10.8. The van der Waals surface area contributed by atoms with Crippen LogP contribution in [0.25, 0.3) is 0 Å². The summed E-state index contributed by atoms with van der Waals surface area (Å²) >= 11 is 6.25. The minimum atomic E-state index is -0.572. The highest BCUT2D eigenvalue weighted by atomic mass is 35.5. The van der Waals surface area contributed by atoms with Gasteiger partial charge in [0, 0.05) is 44.3 Å². The highest BCUT2D eigenvalue weighted by Gasteiger charge is 2.31. The summed E-state index contributed by atoms with van der Waals surface area (Å²) in [6, 6.07) is 2.70. The van der Waals surface area contributed by atoms with Crippen LogP contribution < -0.4 is 15.4 Å². The molecule has 3 rings (SSSR count). The fourth-order valence-electron chi connectivity index (χ4n) is 3.81. The third-order valence-corrected chi connectivity index (χ3v) is 5.75. The molecule has 30 heavy (non-hydrogen) atoms. The van der Waals surface area contributed by atoms with Gasteiger partial charge in [0.15, 0.2) is 0 Å². The van der Waals surface area contributed by atoms with Crippen molar-refractivity contribution in [1.29, 1.82) is 0 Å². The van der Waals surface area contributed by atoms with Crippen molar-refractivity contribution < 1.29 is 28.5 Å². The van der Waals surface area contributed by atoms with Crippen molar-refractivity contribution in [1.82, 2.24) is 10.2 Å². The van der Waals surface area contributed by atoms with E-state index in [0.717, 1.165) is 26.1 Å². The summed E-state index contributed by atoms with van der Waals surface area (Å²) in [4.78, 5) is 26.8. The molecule has 10 heteroatoms. The maximum absolute atomic E-state index is 12.6. The van der Waals surface area contributed by atoms with Gasteiger partial charge in [0.25, 0.3) is 0 Å². The summed E-state index contributed by atoms with van der Waals surface area (Å²) in [6.07, 6.45) is 0.976. The number of carbonyl (C=O) groups is 2. The summed E-state index contributed by atoms with van der Waals surface area (Å²) in [5.74, 6) is 0.0548. The number of morpholine rings is 1. The Morgan fingerprint density at radius 2 is 2.00 bits per heavy atom. The normalized spacial score (nSPS) is 20.4. The van der Waals surface area contributed by atoms with Gasteiger partial charge >= 0.3 is 12.0 Å². The third kappa shape index (κ3) is 5.54. The summed E-state index contributed by atoms with van der Waals surface area (Å²) in [5, 5.41) is 5.88. The van der Waals surface area contributed by atoms with Gasteiger partial charge in [-0.3, -0.25) is 4.90 Å². The molecule has 0 radical (unpaired) electrons. The summed E-state index contributed by atoms with van der Waals surface area (Å²) in [5.41, 5.74) is 0.523. The average molecular weight is 442 g/mol. The molecular weight excluding hydrogens is 414 g/mol. The number of benzene rings is 1. The minimum absolute atomic E-state index is 0.175. The predicted molar refractivity (Wildman–Crippen MR) is 111 cm³/mol. The zero-order chi connectivity index (χ0) is 21.5. The number of carbonyl (C=O) groups excluding carboxylic acids is 2. The molecule has 2 unspecified atom stereocenters. The van der Waals surface area contributed by atoms with Crippen LogP contribution >= 0.6 is 11.6 Å². The number of anilines is 1. The first-order valence-corrected chi connectivity index (χ1v) is 10.3. The number of nitrogens with zero attached hydrogens (tertiary/aromatic N) is 1. The van der Waals surface area contributed by atoms with E-state index >= 15 is 0 Å². The van der Waals surface area contributed by atoms with E-state index < -0.39 is 5.97 Å². The van der Waals surface area contributed by atoms with Gasteiger partial charge in [-0.05, 0) is 12.5 Å². The first-order chi connectivity index (χ1) is 14.5. The van der Waals surface area contributed by atoms with Crippen LogP contribution in [0.1, 0.15) is 16.8 Å². The van der Waals surface area contributed by atoms with Gasteiger partial charge < -0.3 is 29.6 Å². The molecule has 1 aromatic carbocycles. The van der Waals surface area contributed by atoms with Gasteiger partial charge in [0.1, 0.15) is 11.3 Å². The van der Waals surface area contributed by atoms with Crippen LogP contribution in [0.5, 0.6) is 5.75 Å². The van der Waals surface area contributed by atoms with Gasteiger partial charge in [0.05, 0.1) is 44.8 Å². The Kier molecular flexibility index (Phi) is 8.15. The lowest BCUT2D eigenvalue weighted by molar-refractivity contribution is 0.00222. The fourth-order valence-corrected chi connectivity index (χ4v) is 4.02. The lowest BCUT2D eigenvalue weighted by Gasteiger charge is -2.37. The predicted octanol–water partition coefficient (Wildman–Crippen LogP) is 1.99. The van der Waals surface area contributed by atoms with Crippen LogP contribution in [-0.4, -0.2) is 83.2 Å². The number of ether oxygens (including phenoxy) is 4. The molecule has 2 fully saturated rings. The largest absolute Gasteiger partial charge is 0.496 e. The molecule has 0 aromatic heterocycles. The van der Waals surface area contributed by atoms with E-state index in [1.807, 2.05) is 0 Å². The topological polar surface area (TPSA) is 98.4 Å². The second-order valence-corrected chi connectivity index (χ2v) is 7.61. The maximum atomic E-state index is 12.6. The van der Waals surface area contributed by atoms with E-state index in [9.17, 15) is 9.59 Å². The number of hydrogen-bond acceptors (Lipinski definition) is 7. The third-order valence-electron chi connectivity index (χ3n) is 5.44. The molecule has 2 amide bonds. The van der Waals surface area contributed by atoms with Gasteiger partial charge in [0.2, 0.25) is 0 Å². The molecule has 2 N–H and O–H groups in total. The molecular formula is C20H28ClN3O6. The number of amides is 2. The zero-order valence-electron chi connectivity index (χ0n) is 17.2. The van der Waals surface area contributed by atoms with Crippen molar-refractivity contribution in [2.24, 2.45) is 5.92 Å². The van der Waals surface area contributed by atoms with Gasteiger partial charge in [-0.1, -0.05) is 11.6 Å². The molecule has 0 spiro atoms. The molecule has 0 aliphatic carbocycles. The first-order valence-electron chi connectivity index (χ1n) is 9.93. The highest BCUT2D eigenvalue weighted by Crippen LogP contribution is 2.31. The van der Waals surface area contributed by atoms with E-state index in [1.54, 1.807) is 0 Å². The van der Waals surface area contributed by atoms with Crippen LogP contribution in [0.3, 0.4) is 0 Å². The van der Waals surface area contributed by atoms with Crippen molar-refractivity contribution in [2.75, 3.05) is 65.6 Å². The van der Waals surface area contributed by atoms with Crippen molar-refractivity contribution in [2.45, 2.75) is 12.5 Å². The number of halogens is 1. The molecule has 2 aliphatic rings. The van der Waals surface area contributed by atoms with Crippen LogP contribution in [0, 0.1) is 5.92 Å². The maximum Gasteiger partial charge on any atom is 0.341 e. The van der Waals surface area contributed by atoms with Gasteiger partial charge in [-0.15, -0.1) is 0 Å². The zero-order valence-corrected chi connectivity index (χ0v) is 18.0. The standard InChI is InChI=1S/C20H28ClN3O6/c1-27-18-10-16(15(21)9-14(18)19(25)28-2)23-20(26)22-11-17(13-3-6-30-12-13)24-4-7-29-8-5-24/h9-10,13,17H,3-8,11-12H2,1-2H3,(H2,22,23,26). The number of hydrogen-bond donors (Lipinski definition) is 2. The molecule has 0 saturated carbocycles. The highest BCUT2D eigenvalue weighted by molar-refractivity contribution is 6.34. The molecule has 166 valence electrons. The van der Waals surface area contributed by atoms with Gasteiger partial charge in [-0.25, -0.2) is 9.59 Å². The molecule has 9 nitrogen and oxygen atoms in total. The average Bonchev–Trinajstić information content (AvgIpc) is 3.29. The van der Waals surface area contributed by atoms with Crippen molar-refractivity contribution in [3.8, 4) is 5.75 Å².